The molecular formula is C12H9ClO5S. The summed E-state index contributed by atoms with van der Waals surface area (Å²) in [6.07, 6.45) is 1.15. The highest BCUT2D eigenvalue weighted by Crippen LogP contribution is 2.34. The molecule has 1 aliphatic heterocycles. The van der Waals surface area contributed by atoms with Gasteiger partial charge in [0.25, 0.3) is 5.78 Å². The van der Waals surface area contributed by atoms with E-state index in [2.05, 4.69) is 4.74 Å². The highest BCUT2D eigenvalue weighted by Gasteiger charge is 2.37. The molecule has 0 saturated carbocycles. The predicted octanol–water partition coefficient (Wildman–Crippen LogP) is 1.60. The molecule has 0 unspecified atom stereocenters. The van der Waals surface area contributed by atoms with Crippen LogP contribution in [-0.2, 0) is 24.2 Å². The summed E-state index contributed by atoms with van der Waals surface area (Å²) in [5.41, 5.74) is 0.331. The predicted molar refractivity (Wildman–Crippen MR) is 68.3 cm³/mol. The van der Waals surface area contributed by atoms with E-state index in [-0.39, 0.29) is 16.5 Å². The van der Waals surface area contributed by atoms with Gasteiger partial charge in [0, 0.05) is 5.02 Å². The molecule has 1 aliphatic rings. The molecule has 0 aromatic heterocycles. The SMILES string of the molecule is CCOC(=O)C(=O)C1=Cc2ccc(Cl)cc2S1(=O)=O. The Hall–Kier alpha value is -1.66. The van der Waals surface area contributed by atoms with Gasteiger partial charge in [0.1, 0.15) is 4.91 Å². The van der Waals surface area contributed by atoms with E-state index >= 15 is 0 Å². The van der Waals surface area contributed by atoms with Gasteiger partial charge in [-0.15, -0.1) is 0 Å². The van der Waals surface area contributed by atoms with Crippen molar-refractivity contribution in [3.05, 3.63) is 33.7 Å². The molecule has 5 nitrogen and oxygen atoms in total. The third kappa shape index (κ3) is 2.29. The van der Waals surface area contributed by atoms with E-state index in [1.165, 1.54) is 25.1 Å². The first-order chi connectivity index (χ1) is 8.87. The summed E-state index contributed by atoms with van der Waals surface area (Å²) in [6, 6.07) is 4.22. The maximum atomic E-state index is 12.1. The van der Waals surface area contributed by atoms with Gasteiger partial charge in [-0.1, -0.05) is 17.7 Å². The first kappa shape index (κ1) is 13.8. The van der Waals surface area contributed by atoms with Crippen molar-refractivity contribution in [2.45, 2.75) is 11.8 Å². The van der Waals surface area contributed by atoms with Crippen LogP contribution >= 0.6 is 11.6 Å². The lowest BCUT2D eigenvalue weighted by Gasteiger charge is -2.03. The van der Waals surface area contributed by atoms with Gasteiger partial charge in [-0.3, -0.25) is 4.79 Å². The quantitative estimate of drug-likeness (QED) is 0.626. The monoisotopic (exact) mass is 300 g/mol. The van der Waals surface area contributed by atoms with Gasteiger partial charge in [0.15, 0.2) is 0 Å². The summed E-state index contributed by atoms with van der Waals surface area (Å²) in [5.74, 6) is -2.36. The number of ketones is 1. The van der Waals surface area contributed by atoms with Gasteiger partial charge in [0.2, 0.25) is 9.84 Å². The van der Waals surface area contributed by atoms with Crippen molar-refractivity contribution in [2.24, 2.45) is 0 Å². The molecule has 0 fully saturated rings. The Morgan fingerprint density at radius 2 is 2.00 bits per heavy atom. The van der Waals surface area contributed by atoms with E-state index in [4.69, 9.17) is 11.6 Å². The van der Waals surface area contributed by atoms with Crippen LogP contribution < -0.4 is 0 Å². The standard InChI is InChI=1S/C12H9ClO5S/c1-2-18-12(15)11(14)10-5-7-3-4-8(13)6-9(7)19(10,16)17/h3-6H,2H2,1H3. The Labute approximate surface area is 114 Å². The van der Waals surface area contributed by atoms with Gasteiger partial charge in [-0.25, -0.2) is 13.2 Å². The Balaban J connectivity index is 2.47. The maximum Gasteiger partial charge on any atom is 0.380 e. The number of hydrogen-bond donors (Lipinski definition) is 0. The molecule has 0 aliphatic carbocycles. The van der Waals surface area contributed by atoms with E-state index in [1.807, 2.05) is 0 Å². The van der Waals surface area contributed by atoms with E-state index in [0.29, 0.717) is 5.56 Å². The highest BCUT2D eigenvalue weighted by molar-refractivity contribution is 7.97. The van der Waals surface area contributed by atoms with Crippen molar-refractivity contribution >= 4 is 39.3 Å². The lowest BCUT2D eigenvalue weighted by molar-refractivity contribution is -0.151. The largest absolute Gasteiger partial charge is 0.460 e. The number of rotatable bonds is 3. The Morgan fingerprint density at radius 3 is 2.63 bits per heavy atom. The summed E-state index contributed by atoms with van der Waals surface area (Å²) >= 11 is 5.73. The van der Waals surface area contributed by atoms with Crippen LogP contribution in [0.25, 0.3) is 6.08 Å². The molecule has 0 amide bonds. The van der Waals surface area contributed by atoms with Crippen molar-refractivity contribution in [1.82, 2.24) is 0 Å². The van der Waals surface area contributed by atoms with E-state index in [9.17, 15) is 18.0 Å². The molecule has 2 rings (SSSR count). The number of carbonyl (C=O) groups excluding carboxylic acids is 2. The summed E-state index contributed by atoms with van der Waals surface area (Å²) in [4.78, 5) is 22.4. The van der Waals surface area contributed by atoms with Crippen LogP contribution in [0.3, 0.4) is 0 Å². The number of benzene rings is 1. The average molecular weight is 301 g/mol. The zero-order valence-corrected chi connectivity index (χ0v) is 11.4. The molecule has 0 spiro atoms. The van der Waals surface area contributed by atoms with Gasteiger partial charge in [-0.2, -0.15) is 0 Å². The smallest absolute Gasteiger partial charge is 0.380 e. The third-order valence-electron chi connectivity index (χ3n) is 2.53. The number of carbonyl (C=O) groups is 2. The molecule has 0 N–H and O–H groups in total. The van der Waals surface area contributed by atoms with Crippen LogP contribution in [-0.4, -0.2) is 26.8 Å². The number of sulfone groups is 1. The average Bonchev–Trinajstić information content (AvgIpc) is 2.61. The Bertz CT molecular complexity index is 703. The van der Waals surface area contributed by atoms with Gasteiger partial charge >= 0.3 is 5.97 Å². The van der Waals surface area contributed by atoms with Crippen LogP contribution in [0, 0.1) is 0 Å². The van der Waals surface area contributed by atoms with Gasteiger partial charge in [-0.05, 0) is 30.7 Å². The maximum absolute atomic E-state index is 12.1. The third-order valence-corrected chi connectivity index (χ3v) is 4.58. The molecule has 0 radical (unpaired) electrons. The number of hydrogen-bond acceptors (Lipinski definition) is 5. The molecule has 1 aromatic rings. The lowest BCUT2D eigenvalue weighted by Crippen LogP contribution is -2.22. The molecule has 100 valence electrons. The number of Topliss-reactive ketones (excluding diaryl/α,β-unsaturated/α-hetero) is 1. The van der Waals surface area contributed by atoms with Gasteiger partial charge in [0.05, 0.1) is 11.5 Å². The Morgan fingerprint density at radius 1 is 1.32 bits per heavy atom. The van der Waals surface area contributed by atoms with Crippen LogP contribution in [0.4, 0.5) is 0 Å². The fourth-order valence-corrected chi connectivity index (χ4v) is 3.48. The van der Waals surface area contributed by atoms with Crippen LogP contribution in [0.5, 0.6) is 0 Å². The summed E-state index contributed by atoms with van der Waals surface area (Å²) < 4.78 is 28.8. The van der Waals surface area contributed by atoms with Crippen molar-refractivity contribution in [3.63, 3.8) is 0 Å². The molecule has 0 atom stereocenters. The fraction of sp³-hybridized carbons (Fsp3) is 0.167. The van der Waals surface area contributed by atoms with E-state index < -0.39 is 26.5 Å². The molecular weight excluding hydrogens is 292 g/mol. The molecule has 1 heterocycles. The highest BCUT2D eigenvalue weighted by atomic mass is 35.5. The number of ether oxygens (including phenoxy) is 1. The van der Waals surface area contributed by atoms with Crippen LogP contribution in [0.2, 0.25) is 5.02 Å². The van der Waals surface area contributed by atoms with Crippen molar-refractivity contribution in [1.29, 1.82) is 0 Å². The second-order valence-corrected chi connectivity index (χ2v) is 6.07. The minimum absolute atomic E-state index is 0.00330. The fourth-order valence-electron chi connectivity index (χ4n) is 1.68. The number of esters is 1. The van der Waals surface area contributed by atoms with Crippen molar-refractivity contribution in [2.75, 3.05) is 6.61 Å². The molecule has 0 bridgehead atoms. The van der Waals surface area contributed by atoms with E-state index in [1.54, 1.807) is 0 Å². The molecule has 7 heteroatoms. The molecule has 1 aromatic carbocycles. The normalized spacial score (nSPS) is 15.6. The number of fused-ring (bicyclic) bond motifs is 1. The number of halogens is 1. The van der Waals surface area contributed by atoms with E-state index in [0.717, 1.165) is 6.08 Å². The minimum atomic E-state index is -4.01. The summed E-state index contributed by atoms with van der Waals surface area (Å²) in [6.45, 7) is 1.52. The van der Waals surface area contributed by atoms with Crippen molar-refractivity contribution < 1.29 is 22.7 Å². The summed E-state index contributed by atoms with van der Waals surface area (Å²) in [7, 11) is -4.01. The second kappa shape index (κ2) is 4.79. The van der Waals surface area contributed by atoms with Gasteiger partial charge < -0.3 is 4.74 Å². The first-order valence-electron chi connectivity index (χ1n) is 5.35. The Kier molecular flexibility index (Phi) is 3.47. The van der Waals surface area contributed by atoms with Crippen molar-refractivity contribution in [3.8, 4) is 0 Å². The minimum Gasteiger partial charge on any atom is -0.460 e. The van der Waals surface area contributed by atoms with Crippen LogP contribution in [0.1, 0.15) is 12.5 Å². The topological polar surface area (TPSA) is 77.5 Å². The molecule has 19 heavy (non-hydrogen) atoms. The summed E-state index contributed by atoms with van der Waals surface area (Å²) in [5, 5.41) is 0.237. The second-order valence-electron chi connectivity index (χ2n) is 3.74. The van der Waals surface area contributed by atoms with Crippen LogP contribution in [0.15, 0.2) is 28.0 Å². The first-order valence-corrected chi connectivity index (χ1v) is 7.22. The zero-order valence-electron chi connectivity index (χ0n) is 9.84. The molecule has 0 saturated heterocycles. The zero-order chi connectivity index (χ0) is 14.2. The lowest BCUT2D eigenvalue weighted by atomic mass is 10.2.